The minimum Gasteiger partial charge on any atom is -0.459 e. The largest absolute Gasteiger partial charge is 0.459 e. The summed E-state index contributed by atoms with van der Waals surface area (Å²) in [4.78, 5) is 26.3. The molecule has 0 unspecified atom stereocenters. The van der Waals surface area contributed by atoms with E-state index in [1.54, 1.807) is 19.9 Å². The van der Waals surface area contributed by atoms with Gasteiger partial charge in [-0.15, -0.1) is 0 Å². The molecule has 3 N–H and O–H groups in total. The molecule has 0 amide bonds. The van der Waals surface area contributed by atoms with Crippen LogP contribution in [-0.4, -0.2) is 95.8 Å². The van der Waals surface area contributed by atoms with E-state index >= 15 is 0 Å². The van der Waals surface area contributed by atoms with E-state index in [1.165, 1.54) is 7.11 Å². The van der Waals surface area contributed by atoms with Gasteiger partial charge in [0.25, 0.3) is 0 Å². The van der Waals surface area contributed by atoms with Crippen LogP contribution < -0.4 is 0 Å². The van der Waals surface area contributed by atoms with Crippen molar-refractivity contribution in [3.8, 4) is 0 Å². The Bertz CT molecular complexity index is 1100. The lowest BCUT2D eigenvalue weighted by Gasteiger charge is -2.52. The second-order valence-corrected chi connectivity index (χ2v) is 12.5. The smallest absolute Gasteiger partial charge is 0.336 e. The summed E-state index contributed by atoms with van der Waals surface area (Å²) in [5.41, 5.74) is 1.08. The highest BCUT2D eigenvalue weighted by atomic mass is 16.7. The van der Waals surface area contributed by atoms with Crippen molar-refractivity contribution >= 4 is 11.9 Å². The van der Waals surface area contributed by atoms with Gasteiger partial charge in [0.2, 0.25) is 5.79 Å². The number of ether oxygens (including phenoxy) is 6. The molecule has 0 bridgehead atoms. The summed E-state index contributed by atoms with van der Waals surface area (Å²) in [5, 5.41) is 32.3. The molecule has 4 heterocycles. The minimum absolute atomic E-state index is 0.122. The summed E-state index contributed by atoms with van der Waals surface area (Å²) in [6.07, 6.45) is 0.115. The molecular formula is C29H40O11. The van der Waals surface area contributed by atoms with Gasteiger partial charge < -0.3 is 43.7 Å². The maximum absolute atomic E-state index is 13.6. The van der Waals surface area contributed by atoms with Gasteiger partial charge in [-0.3, -0.25) is 4.79 Å². The van der Waals surface area contributed by atoms with Crippen LogP contribution in [0.5, 0.6) is 0 Å². The molecule has 11 heteroatoms. The first kappa shape index (κ1) is 28.3. The van der Waals surface area contributed by atoms with Crippen molar-refractivity contribution in [1.29, 1.82) is 0 Å². The average molecular weight is 565 g/mol. The zero-order valence-electron chi connectivity index (χ0n) is 23.4. The summed E-state index contributed by atoms with van der Waals surface area (Å²) < 4.78 is 34.5. The van der Waals surface area contributed by atoms with E-state index in [9.17, 15) is 24.9 Å². The molecule has 11 nitrogen and oxygen atoms in total. The second-order valence-electron chi connectivity index (χ2n) is 12.5. The van der Waals surface area contributed by atoms with Crippen molar-refractivity contribution < 1.29 is 53.3 Å². The second kappa shape index (κ2) is 10.1. The molecule has 0 radical (unpaired) electrons. The SMILES string of the molecule is CO[C@@H]1[C@@H](O)[C@H](O[C@@H]2CC[C@@]3(C)C(=C[C@H](O)[C@H]4C(=O)O[C@@H]5CO[C@]6(C)OC(=O)/C(=C\CC[C@@H]43)[C@@H]56)C2)O[C@H](C)[C@H]1O. The third-order valence-electron chi connectivity index (χ3n) is 10.3. The maximum atomic E-state index is 13.6. The number of hydrogen-bond donors (Lipinski definition) is 3. The first-order valence-electron chi connectivity index (χ1n) is 14.3. The van der Waals surface area contributed by atoms with E-state index in [-0.39, 0.29) is 18.6 Å². The van der Waals surface area contributed by atoms with Crippen molar-refractivity contribution in [1.82, 2.24) is 0 Å². The first-order chi connectivity index (χ1) is 19.0. The van der Waals surface area contributed by atoms with E-state index in [0.29, 0.717) is 37.7 Å². The standard InChI is InChI=1S/C29H40O11/c1-13-22(31)24(35-4)23(32)27(37-13)38-15-8-9-28(2)14(10-15)11-18(30)20-17(28)7-5-6-16-21-19(39-26(20)34)12-36-29(21,3)40-25(16)33/h6,11,13,15,17-24,27,30-32H,5,7-10,12H2,1-4H3/b16-6-/t13-,15-,17+,18+,19-,20+,21+,22-,23-,24+,27+,28+,29-/m1/s1. The normalized spacial score (nSPS) is 51.8. The molecule has 2 aliphatic carbocycles. The molecular weight excluding hydrogens is 524 g/mol. The Balaban J connectivity index is 1.23. The highest BCUT2D eigenvalue weighted by Gasteiger charge is 2.61. The topological polar surface area (TPSA) is 150 Å². The minimum atomic E-state index is -1.16. The molecule has 3 saturated heterocycles. The van der Waals surface area contributed by atoms with Crippen LogP contribution in [0.25, 0.3) is 0 Å². The van der Waals surface area contributed by atoms with Gasteiger partial charge in [-0.05, 0) is 50.4 Å². The Labute approximate surface area is 233 Å². The van der Waals surface area contributed by atoms with Crippen LogP contribution in [0.3, 0.4) is 0 Å². The Morgan fingerprint density at radius 1 is 1.10 bits per heavy atom. The molecule has 222 valence electrons. The number of esters is 2. The van der Waals surface area contributed by atoms with Crippen molar-refractivity contribution in [2.75, 3.05) is 13.7 Å². The number of carbonyl (C=O) groups is 2. The Kier molecular flexibility index (Phi) is 7.17. The molecule has 0 spiro atoms. The lowest BCUT2D eigenvalue weighted by atomic mass is 9.55. The van der Waals surface area contributed by atoms with E-state index in [4.69, 9.17) is 28.4 Å². The molecule has 1 saturated carbocycles. The molecule has 0 aromatic heterocycles. The lowest BCUT2D eigenvalue weighted by Crippen LogP contribution is -2.59. The molecule has 4 fully saturated rings. The average Bonchev–Trinajstić information content (AvgIpc) is 3.34. The highest BCUT2D eigenvalue weighted by molar-refractivity contribution is 5.92. The zero-order chi connectivity index (χ0) is 28.6. The van der Waals surface area contributed by atoms with Crippen molar-refractivity contribution in [2.45, 2.75) is 108 Å². The number of methoxy groups -OCH3 is 1. The molecule has 6 aliphatic rings. The summed E-state index contributed by atoms with van der Waals surface area (Å²) in [7, 11) is 1.43. The summed E-state index contributed by atoms with van der Waals surface area (Å²) in [6.45, 7) is 5.65. The fraction of sp³-hybridized carbons (Fsp3) is 0.793. The van der Waals surface area contributed by atoms with Gasteiger partial charge in [-0.2, -0.15) is 0 Å². The van der Waals surface area contributed by atoms with E-state index in [2.05, 4.69) is 6.92 Å². The quantitative estimate of drug-likeness (QED) is 0.334. The third kappa shape index (κ3) is 4.36. The van der Waals surface area contributed by atoms with Gasteiger partial charge in [0.15, 0.2) is 6.29 Å². The predicted molar refractivity (Wildman–Crippen MR) is 136 cm³/mol. The molecule has 13 atom stereocenters. The molecule has 0 aromatic rings. The van der Waals surface area contributed by atoms with Gasteiger partial charge in [-0.1, -0.05) is 24.6 Å². The predicted octanol–water partition coefficient (Wildman–Crippen LogP) is 1.13. The van der Waals surface area contributed by atoms with Crippen LogP contribution in [0.15, 0.2) is 23.3 Å². The van der Waals surface area contributed by atoms with Gasteiger partial charge in [0.1, 0.15) is 24.4 Å². The lowest BCUT2D eigenvalue weighted by molar-refractivity contribution is -0.309. The van der Waals surface area contributed by atoms with Crippen molar-refractivity contribution in [3.63, 3.8) is 0 Å². The van der Waals surface area contributed by atoms with E-state index < -0.39 is 77.9 Å². The first-order valence-corrected chi connectivity index (χ1v) is 14.3. The molecule has 40 heavy (non-hydrogen) atoms. The van der Waals surface area contributed by atoms with Gasteiger partial charge >= 0.3 is 11.9 Å². The molecule has 4 aliphatic heterocycles. The Hall–Kier alpha value is -1.86. The third-order valence-corrected chi connectivity index (χ3v) is 10.3. The van der Waals surface area contributed by atoms with Crippen molar-refractivity contribution in [2.24, 2.45) is 23.2 Å². The molecule has 6 rings (SSSR count). The summed E-state index contributed by atoms with van der Waals surface area (Å²) in [6, 6.07) is 0. The van der Waals surface area contributed by atoms with Crippen LogP contribution in [0.1, 0.15) is 52.9 Å². The fourth-order valence-corrected chi connectivity index (χ4v) is 8.00. The van der Waals surface area contributed by atoms with Gasteiger partial charge in [0.05, 0.1) is 36.8 Å². The number of carbonyl (C=O) groups excluding carboxylic acids is 2. The fourth-order valence-electron chi connectivity index (χ4n) is 8.00. The van der Waals surface area contributed by atoms with Crippen LogP contribution in [-0.2, 0) is 38.0 Å². The number of fused-ring (bicyclic) bond motifs is 3. The van der Waals surface area contributed by atoms with Crippen LogP contribution in [0, 0.1) is 23.2 Å². The zero-order valence-corrected chi connectivity index (χ0v) is 23.4. The number of rotatable bonds is 3. The van der Waals surface area contributed by atoms with E-state index in [1.807, 2.05) is 6.08 Å². The van der Waals surface area contributed by atoms with E-state index in [0.717, 1.165) is 5.57 Å². The van der Waals surface area contributed by atoms with Gasteiger partial charge in [0, 0.05) is 19.6 Å². The summed E-state index contributed by atoms with van der Waals surface area (Å²) >= 11 is 0. The number of aliphatic hydroxyl groups is 3. The van der Waals surface area contributed by atoms with Gasteiger partial charge in [-0.25, -0.2) is 4.79 Å². The Morgan fingerprint density at radius 3 is 2.62 bits per heavy atom. The molecule has 0 aromatic carbocycles. The Morgan fingerprint density at radius 2 is 1.88 bits per heavy atom. The van der Waals surface area contributed by atoms with Crippen LogP contribution in [0.2, 0.25) is 0 Å². The number of hydrogen-bond acceptors (Lipinski definition) is 11. The van der Waals surface area contributed by atoms with Crippen LogP contribution >= 0.6 is 0 Å². The summed E-state index contributed by atoms with van der Waals surface area (Å²) in [5.74, 6) is -3.54. The monoisotopic (exact) mass is 564 g/mol. The highest BCUT2D eigenvalue weighted by Crippen LogP contribution is 2.56. The number of allylic oxidation sites excluding steroid dienone is 1. The van der Waals surface area contributed by atoms with Crippen molar-refractivity contribution in [3.05, 3.63) is 23.3 Å². The van der Waals surface area contributed by atoms with Crippen LogP contribution in [0.4, 0.5) is 0 Å². The number of aliphatic hydroxyl groups excluding tert-OH is 3. The maximum Gasteiger partial charge on any atom is 0.336 e.